The number of carbonyl (C=O) groups is 1. The average Bonchev–Trinajstić information content (AvgIpc) is 2.98. The standard InChI is InChI=1S/C18H26N4O3/c1-14(2)25-8-7-24-13-15-5-4-6-17(9-15)21-18(23)19-10-16-11-20-22(3)12-16/h4-6,9,11-12,14H,7-8,10,13H2,1-3H3,(H2,19,21,23). The van der Waals surface area contributed by atoms with Gasteiger partial charge in [-0.2, -0.15) is 5.10 Å². The first kappa shape index (κ1) is 19.0. The normalized spacial score (nSPS) is 10.9. The zero-order chi connectivity index (χ0) is 18.1. The van der Waals surface area contributed by atoms with Crippen molar-refractivity contribution in [2.45, 2.75) is 33.1 Å². The van der Waals surface area contributed by atoms with Gasteiger partial charge >= 0.3 is 6.03 Å². The van der Waals surface area contributed by atoms with Gasteiger partial charge in [0.2, 0.25) is 0 Å². The van der Waals surface area contributed by atoms with Gasteiger partial charge in [0.05, 0.1) is 32.1 Å². The second-order valence-electron chi connectivity index (χ2n) is 6.00. The SMILES string of the molecule is CC(C)OCCOCc1cccc(NC(=O)NCc2cnn(C)c2)c1. The molecule has 0 bridgehead atoms. The highest BCUT2D eigenvalue weighted by Crippen LogP contribution is 2.11. The lowest BCUT2D eigenvalue weighted by Gasteiger charge is -2.10. The van der Waals surface area contributed by atoms with Gasteiger partial charge in [-0.25, -0.2) is 4.79 Å². The van der Waals surface area contributed by atoms with Crippen molar-refractivity contribution in [3.8, 4) is 0 Å². The van der Waals surface area contributed by atoms with Crippen LogP contribution in [-0.4, -0.2) is 35.1 Å². The number of rotatable bonds is 9. The number of aryl methyl sites for hydroxylation is 1. The van der Waals surface area contributed by atoms with Gasteiger partial charge in [0.15, 0.2) is 0 Å². The van der Waals surface area contributed by atoms with Crippen molar-refractivity contribution in [2.75, 3.05) is 18.5 Å². The van der Waals surface area contributed by atoms with Gasteiger partial charge in [-0.3, -0.25) is 4.68 Å². The number of nitrogens with one attached hydrogen (secondary N) is 2. The van der Waals surface area contributed by atoms with Crippen molar-refractivity contribution in [2.24, 2.45) is 7.05 Å². The molecule has 0 radical (unpaired) electrons. The summed E-state index contributed by atoms with van der Waals surface area (Å²) in [4.78, 5) is 12.0. The van der Waals surface area contributed by atoms with E-state index in [2.05, 4.69) is 15.7 Å². The molecule has 2 rings (SSSR count). The molecule has 136 valence electrons. The molecule has 2 N–H and O–H groups in total. The van der Waals surface area contributed by atoms with Crippen LogP contribution in [0.5, 0.6) is 0 Å². The van der Waals surface area contributed by atoms with E-state index in [0.29, 0.717) is 26.4 Å². The first-order valence-corrected chi connectivity index (χ1v) is 8.33. The van der Waals surface area contributed by atoms with Crippen molar-refractivity contribution < 1.29 is 14.3 Å². The lowest BCUT2D eigenvalue weighted by molar-refractivity contribution is 0.0143. The molecule has 0 aliphatic carbocycles. The number of hydrogen-bond acceptors (Lipinski definition) is 4. The van der Waals surface area contributed by atoms with Crippen LogP contribution in [0.2, 0.25) is 0 Å². The number of hydrogen-bond donors (Lipinski definition) is 2. The summed E-state index contributed by atoms with van der Waals surface area (Å²) in [6, 6.07) is 7.33. The lowest BCUT2D eigenvalue weighted by atomic mass is 10.2. The number of amides is 2. The highest BCUT2D eigenvalue weighted by Gasteiger charge is 2.04. The van der Waals surface area contributed by atoms with Crippen LogP contribution >= 0.6 is 0 Å². The molecule has 0 aliphatic rings. The van der Waals surface area contributed by atoms with Crippen molar-refractivity contribution in [1.82, 2.24) is 15.1 Å². The summed E-state index contributed by atoms with van der Waals surface area (Å²) in [6.07, 6.45) is 3.80. The summed E-state index contributed by atoms with van der Waals surface area (Å²) in [5, 5.41) is 9.68. The monoisotopic (exact) mass is 346 g/mol. The van der Waals surface area contributed by atoms with Crippen LogP contribution in [0.15, 0.2) is 36.7 Å². The molecule has 2 aromatic rings. The predicted molar refractivity (Wildman–Crippen MR) is 96.3 cm³/mol. The van der Waals surface area contributed by atoms with E-state index < -0.39 is 0 Å². The molecule has 0 atom stereocenters. The lowest BCUT2D eigenvalue weighted by Crippen LogP contribution is -2.28. The summed E-state index contributed by atoms with van der Waals surface area (Å²) in [7, 11) is 1.84. The molecule has 1 aromatic heterocycles. The number of nitrogens with zero attached hydrogens (tertiary/aromatic N) is 2. The van der Waals surface area contributed by atoms with Crippen LogP contribution < -0.4 is 10.6 Å². The van der Waals surface area contributed by atoms with E-state index in [1.807, 2.05) is 51.4 Å². The number of aromatic nitrogens is 2. The number of ether oxygens (including phenoxy) is 2. The Morgan fingerprint density at radius 1 is 1.28 bits per heavy atom. The molecule has 1 aromatic carbocycles. The quantitative estimate of drug-likeness (QED) is 0.685. The summed E-state index contributed by atoms with van der Waals surface area (Å²) < 4.78 is 12.7. The Labute approximate surface area is 148 Å². The molecule has 7 heteroatoms. The number of carbonyl (C=O) groups excluding carboxylic acids is 1. The Hall–Kier alpha value is -2.38. The van der Waals surface area contributed by atoms with Gasteiger partial charge in [0.1, 0.15) is 0 Å². The fourth-order valence-electron chi connectivity index (χ4n) is 2.19. The second-order valence-corrected chi connectivity index (χ2v) is 6.00. The van der Waals surface area contributed by atoms with E-state index in [0.717, 1.165) is 16.8 Å². The zero-order valence-electron chi connectivity index (χ0n) is 15.0. The molecule has 0 fully saturated rings. The van der Waals surface area contributed by atoms with Gasteiger partial charge in [-0.05, 0) is 31.5 Å². The van der Waals surface area contributed by atoms with Crippen molar-refractivity contribution in [3.63, 3.8) is 0 Å². The molecule has 25 heavy (non-hydrogen) atoms. The topological polar surface area (TPSA) is 77.4 Å². The second kappa shape index (κ2) is 9.80. The van der Waals surface area contributed by atoms with Crippen LogP contribution in [0.4, 0.5) is 10.5 Å². The highest BCUT2D eigenvalue weighted by atomic mass is 16.5. The van der Waals surface area contributed by atoms with E-state index >= 15 is 0 Å². The van der Waals surface area contributed by atoms with Gasteiger partial charge < -0.3 is 20.1 Å². The third kappa shape index (κ3) is 7.36. The van der Waals surface area contributed by atoms with Crippen LogP contribution in [0.1, 0.15) is 25.0 Å². The fourth-order valence-corrected chi connectivity index (χ4v) is 2.19. The minimum Gasteiger partial charge on any atom is -0.376 e. The van der Waals surface area contributed by atoms with Gasteiger partial charge in [-0.15, -0.1) is 0 Å². The highest BCUT2D eigenvalue weighted by molar-refractivity contribution is 5.89. The van der Waals surface area contributed by atoms with Crippen LogP contribution in [0, 0.1) is 0 Å². The maximum absolute atomic E-state index is 12.0. The average molecular weight is 346 g/mol. The van der Waals surface area contributed by atoms with E-state index in [1.54, 1.807) is 10.9 Å². The van der Waals surface area contributed by atoms with E-state index in [1.165, 1.54) is 0 Å². The van der Waals surface area contributed by atoms with Gasteiger partial charge in [0, 0.05) is 31.0 Å². The summed E-state index contributed by atoms with van der Waals surface area (Å²) in [6.45, 7) is 6.02. The van der Waals surface area contributed by atoms with E-state index in [9.17, 15) is 4.79 Å². The van der Waals surface area contributed by atoms with E-state index in [4.69, 9.17) is 9.47 Å². The Bertz CT molecular complexity index is 670. The minimum atomic E-state index is -0.257. The molecule has 7 nitrogen and oxygen atoms in total. The predicted octanol–water partition coefficient (Wildman–Crippen LogP) is 2.68. The number of urea groups is 1. The third-order valence-corrected chi connectivity index (χ3v) is 3.34. The molecule has 0 aliphatic heterocycles. The van der Waals surface area contributed by atoms with Crippen molar-refractivity contribution >= 4 is 11.7 Å². The molecule has 0 unspecified atom stereocenters. The molecular weight excluding hydrogens is 320 g/mol. The summed E-state index contributed by atoms with van der Waals surface area (Å²) >= 11 is 0. The minimum absolute atomic E-state index is 0.210. The zero-order valence-corrected chi connectivity index (χ0v) is 15.0. The largest absolute Gasteiger partial charge is 0.376 e. The van der Waals surface area contributed by atoms with Crippen LogP contribution in [0.3, 0.4) is 0 Å². The Kier molecular flexibility index (Phi) is 7.43. The van der Waals surface area contributed by atoms with E-state index in [-0.39, 0.29) is 12.1 Å². The van der Waals surface area contributed by atoms with Gasteiger partial charge in [-0.1, -0.05) is 12.1 Å². The van der Waals surface area contributed by atoms with Gasteiger partial charge in [0.25, 0.3) is 0 Å². The Morgan fingerprint density at radius 3 is 2.84 bits per heavy atom. The fraction of sp³-hybridized carbons (Fsp3) is 0.444. The number of benzene rings is 1. The van der Waals surface area contributed by atoms with Crippen molar-refractivity contribution in [1.29, 1.82) is 0 Å². The maximum atomic E-state index is 12.0. The third-order valence-electron chi connectivity index (χ3n) is 3.34. The molecule has 0 spiro atoms. The smallest absolute Gasteiger partial charge is 0.319 e. The molecule has 0 saturated heterocycles. The summed E-state index contributed by atoms with van der Waals surface area (Å²) in [5.74, 6) is 0. The Balaban J connectivity index is 1.73. The molecular formula is C18H26N4O3. The number of anilines is 1. The first-order chi connectivity index (χ1) is 12.0. The molecule has 1 heterocycles. The van der Waals surface area contributed by atoms with Crippen LogP contribution in [-0.2, 0) is 29.7 Å². The van der Waals surface area contributed by atoms with Crippen molar-refractivity contribution in [3.05, 3.63) is 47.8 Å². The summed E-state index contributed by atoms with van der Waals surface area (Å²) in [5.41, 5.74) is 2.67. The molecule has 2 amide bonds. The van der Waals surface area contributed by atoms with Crippen LogP contribution in [0.25, 0.3) is 0 Å². The maximum Gasteiger partial charge on any atom is 0.319 e. The Morgan fingerprint density at radius 2 is 2.12 bits per heavy atom. The molecule has 0 saturated carbocycles. The first-order valence-electron chi connectivity index (χ1n) is 8.33.